The Morgan fingerprint density at radius 1 is 1.00 bits per heavy atom. The highest BCUT2D eigenvalue weighted by Crippen LogP contribution is 2.30. The number of methoxy groups -OCH3 is 1. The number of aromatic nitrogens is 1. The molecule has 1 aromatic heterocycles. The van der Waals surface area contributed by atoms with Crippen LogP contribution < -0.4 is 26.8 Å². The average molecular weight is 519 g/mol. The number of aromatic carboxylic acids is 1. The van der Waals surface area contributed by atoms with E-state index >= 15 is 0 Å². The maximum absolute atomic E-state index is 13.2. The van der Waals surface area contributed by atoms with Gasteiger partial charge in [0.25, 0.3) is 11.8 Å². The summed E-state index contributed by atoms with van der Waals surface area (Å²) in [6.07, 6.45) is 0. The Balaban J connectivity index is 1.98. The maximum atomic E-state index is 13.2. The van der Waals surface area contributed by atoms with Crippen LogP contribution in [0.25, 0.3) is 11.1 Å². The normalized spacial score (nSPS) is 11.5. The molecule has 0 bridgehead atoms. The molecule has 0 aliphatic carbocycles. The minimum Gasteiger partial charge on any atom is -0.481 e. The smallest absolute Gasteiger partial charge is 0.336 e. The molecule has 2 amide bonds. The molecular formula is C27H30N6O5. The number of carbonyl (C=O) groups is 3. The second-order valence-corrected chi connectivity index (χ2v) is 8.88. The van der Waals surface area contributed by atoms with E-state index in [2.05, 4.69) is 15.6 Å². The summed E-state index contributed by atoms with van der Waals surface area (Å²) in [5, 5.41) is 22.9. The first kappa shape index (κ1) is 27.8. The van der Waals surface area contributed by atoms with Crippen molar-refractivity contribution < 1.29 is 24.2 Å². The summed E-state index contributed by atoms with van der Waals surface area (Å²) in [6, 6.07) is 13.3. The molecule has 11 heteroatoms. The number of ether oxygens (including phenoxy) is 1. The van der Waals surface area contributed by atoms with Crippen LogP contribution in [-0.2, 0) is 0 Å². The molecule has 3 rings (SSSR count). The van der Waals surface area contributed by atoms with E-state index in [1.54, 1.807) is 24.3 Å². The summed E-state index contributed by atoms with van der Waals surface area (Å²) >= 11 is 0. The molecule has 0 saturated heterocycles. The molecule has 2 aromatic carbocycles. The molecule has 11 nitrogen and oxygen atoms in total. The van der Waals surface area contributed by atoms with Crippen LogP contribution in [0.3, 0.4) is 0 Å². The van der Waals surface area contributed by atoms with Crippen LogP contribution in [0.1, 0.15) is 50.6 Å². The Morgan fingerprint density at radius 3 is 2.21 bits per heavy atom. The van der Waals surface area contributed by atoms with Crippen molar-refractivity contribution >= 4 is 29.3 Å². The maximum Gasteiger partial charge on any atom is 0.336 e. The number of nitrogens with zero attached hydrogens (tertiary/aromatic N) is 1. The molecule has 198 valence electrons. The van der Waals surface area contributed by atoms with Crippen LogP contribution in [0.5, 0.6) is 5.88 Å². The Morgan fingerprint density at radius 2 is 1.63 bits per heavy atom. The van der Waals surface area contributed by atoms with Gasteiger partial charge in [0.2, 0.25) is 5.88 Å². The number of pyridine rings is 1. The topological polar surface area (TPSA) is 194 Å². The van der Waals surface area contributed by atoms with E-state index in [1.165, 1.54) is 37.4 Å². The van der Waals surface area contributed by atoms with Gasteiger partial charge >= 0.3 is 5.97 Å². The lowest BCUT2D eigenvalue weighted by molar-refractivity contribution is 0.0697. The van der Waals surface area contributed by atoms with Gasteiger partial charge in [-0.25, -0.2) is 9.78 Å². The van der Waals surface area contributed by atoms with E-state index < -0.39 is 17.8 Å². The number of amidine groups is 1. The molecule has 1 unspecified atom stereocenters. The molecule has 8 N–H and O–H groups in total. The van der Waals surface area contributed by atoms with Gasteiger partial charge in [-0.05, 0) is 53.9 Å². The van der Waals surface area contributed by atoms with Crippen LogP contribution in [0.2, 0.25) is 0 Å². The second kappa shape index (κ2) is 12.0. The first-order valence-corrected chi connectivity index (χ1v) is 11.7. The zero-order valence-electron chi connectivity index (χ0n) is 21.2. The molecule has 1 atom stereocenters. The van der Waals surface area contributed by atoms with Crippen molar-refractivity contribution in [1.29, 1.82) is 5.41 Å². The third-order valence-corrected chi connectivity index (χ3v) is 5.90. The minimum absolute atomic E-state index is 0.0809. The molecule has 0 fully saturated rings. The third-order valence-electron chi connectivity index (χ3n) is 5.90. The lowest BCUT2D eigenvalue weighted by Crippen LogP contribution is -2.40. The number of hydrogen-bond donors (Lipinski definition) is 6. The second-order valence-electron chi connectivity index (χ2n) is 8.88. The van der Waals surface area contributed by atoms with E-state index in [9.17, 15) is 19.5 Å². The highest BCUT2D eigenvalue weighted by Gasteiger charge is 2.22. The van der Waals surface area contributed by atoms with E-state index in [0.29, 0.717) is 11.3 Å². The summed E-state index contributed by atoms with van der Waals surface area (Å²) < 4.78 is 5.17. The van der Waals surface area contributed by atoms with Crippen LogP contribution in [-0.4, -0.2) is 53.4 Å². The van der Waals surface area contributed by atoms with Gasteiger partial charge in [0.15, 0.2) is 0 Å². The first-order valence-electron chi connectivity index (χ1n) is 11.7. The highest BCUT2D eigenvalue weighted by atomic mass is 16.5. The van der Waals surface area contributed by atoms with Crippen LogP contribution in [0.4, 0.5) is 5.69 Å². The fourth-order valence-electron chi connectivity index (χ4n) is 3.51. The molecule has 0 aliphatic rings. The van der Waals surface area contributed by atoms with Crippen LogP contribution in [0.15, 0.2) is 54.6 Å². The molecule has 38 heavy (non-hydrogen) atoms. The van der Waals surface area contributed by atoms with E-state index in [-0.39, 0.29) is 58.2 Å². The number of carboxylic acids is 1. The van der Waals surface area contributed by atoms with Crippen molar-refractivity contribution in [2.75, 3.05) is 19.0 Å². The Labute approximate surface area is 219 Å². The quantitative estimate of drug-likeness (QED) is 0.174. The monoisotopic (exact) mass is 518 g/mol. The standard InChI is InChI=1S/C27H30N6O5/c1-14(2)21(28)13-31-25(34)16-6-9-18(20(12-16)27(36)37)19-10-11-22(38-3)33-23(19)26(35)32-17-7-4-15(5-8-17)24(29)30/h4-12,14,21H,13,28H2,1-3H3,(H3,29,30)(H,31,34)(H,32,35)(H,36,37). The number of hydrogen-bond acceptors (Lipinski definition) is 7. The van der Waals surface area contributed by atoms with E-state index in [1.807, 2.05) is 13.8 Å². The fourth-order valence-corrected chi connectivity index (χ4v) is 3.51. The van der Waals surface area contributed by atoms with Crippen LogP contribution >= 0.6 is 0 Å². The summed E-state index contributed by atoms with van der Waals surface area (Å²) in [7, 11) is 1.39. The lowest BCUT2D eigenvalue weighted by atomic mass is 9.95. The molecule has 0 radical (unpaired) electrons. The lowest BCUT2D eigenvalue weighted by Gasteiger charge is -2.17. The van der Waals surface area contributed by atoms with Gasteiger partial charge in [0.05, 0.1) is 12.7 Å². The fraction of sp³-hybridized carbons (Fsp3) is 0.222. The minimum atomic E-state index is -1.28. The zero-order chi connectivity index (χ0) is 28.0. The van der Waals surface area contributed by atoms with Crippen molar-refractivity contribution in [3.8, 4) is 17.0 Å². The number of amides is 2. The van der Waals surface area contributed by atoms with Gasteiger partial charge in [-0.15, -0.1) is 0 Å². The Bertz CT molecular complexity index is 1370. The van der Waals surface area contributed by atoms with Gasteiger partial charge in [-0.2, -0.15) is 0 Å². The molecule has 0 saturated carbocycles. The van der Waals surface area contributed by atoms with E-state index in [0.717, 1.165) is 0 Å². The SMILES string of the molecule is COc1ccc(-c2ccc(C(=O)NCC(N)C(C)C)cc2C(=O)O)c(C(=O)Nc2ccc(C(=N)N)cc2)n1. The summed E-state index contributed by atoms with van der Waals surface area (Å²) in [5.41, 5.74) is 12.7. The average Bonchev–Trinajstić information content (AvgIpc) is 2.90. The Kier molecular flexibility index (Phi) is 8.77. The summed E-state index contributed by atoms with van der Waals surface area (Å²) in [6.45, 7) is 4.11. The number of benzene rings is 2. The van der Waals surface area contributed by atoms with Crippen molar-refractivity contribution in [2.45, 2.75) is 19.9 Å². The number of rotatable bonds is 10. The van der Waals surface area contributed by atoms with Crippen LogP contribution in [0, 0.1) is 11.3 Å². The number of carbonyl (C=O) groups excluding carboxylic acids is 2. The molecule has 1 heterocycles. The van der Waals surface area contributed by atoms with Crippen molar-refractivity contribution in [2.24, 2.45) is 17.4 Å². The summed E-state index contributed by atoms with van der Waals surface area (Å²) in [5.74, 6) is -2.16. The number of carboxylic acid groups (broad SMARTS) is 1. The molecule has 0 spiro atoms. The van der Waals surface area contributed by atoms with Gasteiger partial charge in [0.1, 0.15) is 11.5 Å². The molecule has 3 aromatic rings. The number of anilines is 1. The molecule has 0 aliphatic heterocycles. The number of nitrogens with one attached hydrogen (secondary N) is 3. The highest BCUT2D eigenvalue weighted by molar-refractivity contribution is 6.10. The predicted molar refractivity (Wildman–Crippen MR) is 144 cm³/mol. The first-order chi connectivity index (χ1) is 18.0. The van der Waals surface area contributed by atoms with E-state index in [4.69, 9.17) is 21.6 Å². The molecular weight excluding hydrogens is 488 g/mol. The third kappa shape index (κ3) is 6.51. The van der Waals surface area contributed by atoms with Gasteiger partial charge in [-0.3, -0.25) is 15.0 Å². The number of nitrogens with two attached hydrogens (primary N) is 2. The predicted octanol–water partition coefficient (Wildman–Crippen LogP) is 2.70. The van der Waals surface area contributed by atoms with Gasteiger partial charge in [0, 0.05) is 41.0 Å². The van der Waals surface area contributed by atoms with Gasteiger partial charge < -0.3 is 31.9 Å². The van der Waals surface area contributed by atoms with Gasteiger partial charge in [-0.1, -0.05) is 19.9 Å². The van der Waals surface area contributed by atoms with Crippen molar-refractivity contribution in [1.82, 2.24) is 10.3 Å². The summed E-state index contributed by atoms with van der Waals surface area (Å²) in [4.78, 5) is 42.3. The van der Waals surface area contributed by atoms with Crippen molar-refractivity contribution in [3.63, 3.8) is 0 Å². The largest absolute Gasteiger partial charge is 0.481 e. The zero-order valence-corrected chi connectivity index (χ0v) is 21.2. The number of nitrogen functional groups attached to an aromatic ring is 1. The Hall–Kier alpha value is -4.77. The van der Waals surface area contributed by atoms with Crippen molar-refractivity contribution in [3.05, 3.63) is 77.0 Å².